The third-order valence-corrected chi connectivity index (χ3v) is 6.87. The first-order valence-corrected chi connectivity index (χ1v) is 11.7. The summed E-state index contributed by atoms with van der Waals surface area (Å²) in [6.45, 7) is 9.27. The molecule has 170 valence electrons. The van der Waals surface area contributed by atoms with Gasteiger partial charge in [0.2, 0.25) is 0 Å². The third kappa shape index (κ3) is 4.82. The number of morpholine rings is 1. The van der Waals surface area contributed by atoms with Crippen molar-refractivity contribution in [1.82, 2.24) is 20.2 Å². The number of carbonyl (C=O) groups excluding carboxylic acids is 1. The summed E-state index contributed by atoms with van der Waals surface area (Å²) >= 11 is 3.60. The van der Waals surface area contributed by atoms with Crippen molar-refractivity contribution in [3.63, 3.8) is 0 Å². The van der Waals surface area contributed by atoms with E-state index in [1.54, 1.807) is 13.2 Å². The lowest BCUT2D eigenvalue weighted by Gasteiger charge is -2.26. The maximum Gasteiger partial charge on any atom is 0.251 e. The number of carbonyl (C=O) groups is 1. The van der Waals surface area contributed by atoms with Gasteiger partial charge in [0.25, 0.3) is 5.91 Å². The van der Waals surface area contributed by atoms with Crippen molar-refractivity contribution in [2.24, 2.45) is 0 Å². The van der Waals surface area contributed by atoms with E-state index in [9.17, 15) is 4.79 Å². The van der Waals surface area contributed by atoms with E-state index in [2.05, 4.69) is 45.0 Å². The van der Waals surface area contributed by atoms with Crippen LogP contribution in [0.5, 0.6) is 5.75 Å². The molecule has 1 amide bonds. The molecule has 4 rings (SSSR count). The van der Waals surface area contributed by atoms with Crippen molar-refractivity contribution in [2.75, 3.05) is 46.5 Å². The fourth-order valence-corrected chi connectivity index (χ4v) is 4.47. The number of rotatable bonds is 7. The van der Waals surface area contributed by atoms with Gasteiger partial charge in [0.15, 0.2) is 0 Å². The van der Waals surface area contributed by atoms with Gasteiger partial charge < -0.3 is 19.8 Å². The highest BCUT2D eigenvalue weighted by atomic mass is 79.9. The standard InChI is InChI=1S/C24H29BrN4O3/c1-15-16(2)22-20(14-19(15)25)27-23(28-22)18-6-5-17(13-21(18)31-3)24(30)26-7-4-8-29-9-11-32-12-10-29/h5-6,13-14H,4,7-12H2,1-3H3,(H,26,30)(H,27,28). The van der Waals surface area contributed by atoms with Crippen LogP contribution in [0.3, 0.4) is 0 Å². The zero-order valence-corrected chi connectivity index (χ0v) is 20.3. The van der Waals surface area contributed by atoms with Crippen LogP contribution >= 0.6 is 15.9 Å². The number of benzene rings is 2. The van der Waals surface area contributed by atoms with Gasteiger partial charge in [0.05, 0.1) is 36.9 Å². The molecule has 1 aliphatic heterocycles. The number of H-pyrrole nitrogens is 1. The number of ether oxygens (including phenoxy) is 2. The molecule has 7 nitrogen and oxygen atoms in total. The SMILES string of the molecule is COc1cc(C(=O)NCCCN2CCOCC2)ccc1-c1nc2cc(Br)c(C)c(C)c2[nH]1. The molecule has 8 heteroatoms. The van der Waals surface area contributed by atoms with E-state index < -0.39 is 0 Å². The Bertz CT molecular complexity index is 1120. The van der Waals surface area contributed by atoms with Crippen LogP contribution in [0.15, 0.2) is 28.7 Å². The lowest BCUT2D eigenvalue weighted by molar-refractivity contribution is 0.0374. The van der Waals surface area contributed by atoms with Gasteiger partial charge in [-0.3, -0.25) is 9.69 Å². The van der Waals surface area contributed by atoms with E-state index in [1.807, 2.05) is 18.2 Å². The van der Waals surface area contributed by atoms with Crippen molar-refractivity contribution in [3.8, 4) is 17.1 Å². The second-order valence-corrected chi connectivity index (χ2v) is 8.92. The number of nitrogens with one attached hydrogen (secondary N) is 2. The quantitative estimate of drug-likeness (QED) is 0.478. The largest absolute Gasteiger partial charge is 0.496 e. The van der Waals surface area contributed by atoms with E-state index in [4.69, 9.17) is 14.5 Å². The second kappa shape index (κ2) is 10.0. The minimum atomic E-state index is -0.100. The molecule has 0 atom stereocenters. The van der Waals surface area contributed by atoms with Crippen LogP contribution in [0.25, 0.3) is 22.4 Å². The van der Waals surface area contributed by atoms with Gasteiger partial charge in [0.1, 0.15) is 11.6 Å². The highest BCUT2D eigenvalue weighted by Crippen LogP contribution is 2.33. The highest BCUT2D eigenvalue weighted by Gasteiger charge is 2.16. The molecule has 3 aromatic rings. The monoisotopic (exact) mass is 500 g/mol. The van der Waals surface area contributed by atoms with Crippen LogP contribution < -0.4 is 10.1 Å². The molecule has 1 aromatic heterocycles. The topological polar surface area (TPSA) is 79.5 Å². The molecule has 0 radical (unpaired) electrons. The molecule has 32 heavy (non-hydrogen) atoms. The van der Waals surface area contributed by atoms with Crippen molar-refractivity contribution in [3.05, 3.63) is 45.4 Å². The van der Waals surface area contributed by atoms with Gasteiger partial charge in [-0.2, -0.15) is 0 Å². The summed E-state index contributed by atoms with van der Waals surface area (Å²) in [5.74, 6) is 1.23. The molecule has 1 fully saturated rings. The van der Waals surface area contributed by atoms with Gasteiger partial charge in [-0.05, 0) is 62.2 Å². The Labute approximate surface area is 196 Å². The van der Waals surface area contributed by atoms with E-state index in [0.717, 1.165) is 71.7 Å². The van der Waals surface area contributed by atoms with E-state index in [1.165, 1.54) is 5.56 Å². The number of aromatic amines is 1. The molecule has 0 unspecified atom stereocenters. The minimum absolute atomic E-state index is 0.100. The number of aromatic nitrogens is 2. The Morgan fingerprint density at radius 2 is 2.03 bits per heavy atom. The Morgan fingerprint density at radius 1 is 1.25 bits per heavy atom. The van der Waals surface area contributed by atoms with E-state index in [-0.39, 0.29) is 5.91 Å². The lowest BCUT2D eigenvalue weighted by Crippen LogP contribution is -2.38. The van der Waals surface area contributed by atoms with E-state index in [0.29, 0.717) is 17.9 Å². The summed E-state index contributed by atoms with van der Waals surface area (Å²) in [7, 11) is 1.61. The van der Waals surface area contributed by atoms with Gasteiger partial charge in [-0.15, -0.1) is 0 Å². The van der Waals surface area contributed by atoms with Crippen LogP contribution in [0.4, 0.5) is 0 Å². The van der Waals surface area contributed by atoms with Crippen LogP contribution in [-0.4, -0.2) is 67.3 Å². The van der Waals surface area contributed by atoms with Crippen molar-refractivity contribution in [1.29, 1.82) is 0 Å². The Morgan fingerprint density at radius 3 is 2.78 bits per heavy atom. The maximum absolute atomic E-state index is 12.6. The normalized spacial score (nSPS) is 14.6. The molecule has 0 bridgehead atoms. The zero-order valence-electron chi connectivity index (χ0n) is 18.8. The number of aryl methyl sites for hydroxylation is 1. The van der Waals surface area contributed by atoms with Gasteiger partial charge >= 0.3 is 0 Å². The summed E-state index contributed by atoms with van der Waals surface area (Å²) in [4.78, 5) is 23.2. The molecule has 0 aliphatic carbocycles. The van der Waals surface area contributed by atoms with E-state index >= 15 is 0 Å². The lowest BCUT2D eigenvalue weighted by atomic mass is 10.1. The molecule has 2 heterocycles. The number of halogens is 1. The number of amides is 1. The number of imidazole rings is 1. The second-order valence-electron chi connectivity index (χ2n) is 8.07. The summed E-state index contributed by atoms with van der Waals surface area (Å²) < 4.78 is 12.0. The molecule has 1 aliphatic rings. The first kappa shape index (κ1) is 22.8. The average Bonchev–Trinajstić information content (AvgIpc) is 3.24. The Hall–Kier alpha value is -2.42. The molecule has 0 saturated carbocycles. The number of fused-ring (bicyclic) bond motifs is 1. The van der Waals surface area contributed by atoms with Gasteiger partial charge in [-0.25, -0.2) is 4.98 Å². The first-order chi connectivity index (χ1) is 15.5. The average molecular weight is 501 g/mol. The highest BCUT2D eigenvalue weighted by molar-refractivity contribution is 9.10. The van der Waals surface area contributed by atoms with Gasteiger partial charge in [-0.1, -0.05) is 15.9 Å². The molecule has 2 aromatic carbocycles. The van der Waals surface area contributed by atoms with Crippen LogP contribution in [-0.2, 0) is 4.74 Å². The fourth-order valence-electron chi connectivity index (χ4n) is 3.96. The number of hydrogen-bond acceptors (Lipinski definition) is 5. The van der Waals surface area contributed by atoms with Crippen LogP contribution in [0.2, 0.25) is 0 Å². The fraction of sp³-hybridized carbons (Fsp3) is 0.417. The summed E-state index contributed by atoms with van der Waals surface area (Å²) in [6.07, 6.45) is 0.911. The minimum Gasteiger partial charge on any atom is -0.496 e. The first-order valence-electron chi connectivity index (χ1n) is 10.9. The number of nitrogens with zero attached hydrogens (tertiary/aromatic N) is 2. The summed E-state index contributed by atoms with van der Waals surface area (Å²) in [5.41, 5.74) is 5.62. The van der Waals surface area contributed by atoms with Gasteiger partial charge in [0, 0.05) is 29.7 Å². The predicted octanol–water partition coefficient (Wildman–Crippen LogP) is 4.07. The third-order valence-electron chi connectivity index (χ3n) is 6.05. The molecular formula is C24H29BrN4O3. The van der Waals surface area contributed by atoms with Crippen molar-refractivity contribution < 1.29 is 14.3 Å². The molecule has 1 saturated heterocycles. The smallest absolute Gasteiger partial charge is 0.251 e. The van der Waals surface area contributed by atoms with Crippen LogP contribution in [0.1, 0.15) is 27.9 Å². The Balaban J connectivity index is 1.46. The summed E-state index contributed by atoms with van der Waals surface area (Å²) in [5, 5.41) is 3.01. The maximum atomic E-state index is 12.6. The number of hydrogen-bond donors (Lipinski definition) is 2. The molecule has 2 N–H and O–H groups in total. The van der Waals surface area contributed by atoms with Crippen LogP contribution in [0, 0.1) is 13.8 Å². The number of methoxy groups -OCH3 is 1. The van der Waals surface area contributed by atoms with Crippen molar-refractivity contribution >= 4 is 32.9 Å². The predicted molar refractivity (Wildman–Crippen MR) is 129 cm³/mol. The zero-order chi connectivity index (χ0) is 22.7. The summed E-state index contributed by atoms with van der Waals surface area (Å²) in [6, 6.07) is 7.49. The molecule has 0 spiro atoms. The molecular weight excluding hydrogens is 472 g/mol. The van der Waals surface area contributed by atoms with Crippen molar-refractivity contribution in [2.45, 2.75) is 20.3 Å². The Kier molecular flexibility index (Phi) is 7.13.